The van der Waals surface area contributed by atoms with Crippen LogP contribution in [0.4, 0.5) is 5.69 Å². The van der Waals surface area contributed by atoms with Crippen LogP contribution < -0.4 is 24.4 Å². The van der Waals surface area contributed by atoms with Crippen LogP contribution in [0.2, 0.25) is 5.02 Å². The average molecular weight is 620 g/mol. The van der Waals surface area contributed by atoms with Crippen LogP contribution in [0.1, 0.15) is 36.6 Å². The molecule has 3 aromatic carbocycles. The molecule has 0 spiro atoms. The highest BCUT2D eigenvalue weighted by molar-refractivity contribution is 7.07. The summed E-state index contributed by atoms with van der Waals surface area (Å²) in [6.07, 6.45) is 1.73. The average Bonchev–Trinajstić information content (AvgIpc) is 3.30. The van der Waals surface area contributed by atoms with Crippen molar-refractivity contribution >= 4 is 40.7 Å². The molecule has 5 rings (SSSR count). The fourth-order valence-electron chi connectivity index (χ4n) is 4.67. The number of halogens is 1. The molecule has 0 aliphatic carbocycles. The number of fused-ring (bicyclic) bond motifs is 1. The van der Waals surface area contributed by atoms with E-state index in [0.717, 1.165) is 5.56 Å². The van der Waals surface area contributed by atoms with Crippen LogP contribution in [-0.2, 0) is 16.1 Å². The Labute approximate surface area is 254 Å². The highest BCUT2D eigenvalue weighted by Crippen LogP contribution is 2.32. The number of non-ortho nitro benzene ring substituents is 1. The van der Waals surface area contributed by atoms with E-state index in [1.807, 2.05) is 0 Å². The Morgan fingerprint density at radius 1 is 1.12 bits per heavy atom. The van der Waals surface area contributed by atoms with Gasteiger partial charge >= 0.3 is 5.97 Å². The van der Waals surface area contributed by atoms with Crippen molar-refractivity contribution in [3.05, 3.63) is 130 Å². The zero-order valence-corrected chi connectivity index (χ0v) is 25.0. The van der Waals surface area contributed by atoms with E-state index in [0.29, 0.717) is 48.3 Å². The van der Waals surface area contributed by atoms with E-state index >= 15 is 0 Å². The Morgan fingerprint density at radius 3 is 2.49 bits per heavy atom. The summed E-state index contributed by atoms with van der Waals surface area (Å²) in [5.41, 5.74) is 2.60. The summed E-state index contributed by atoms with van der Waals surface area (Å²) in [4.78, 5) is 42.3. The van der Waals surface area contributed by atoms with E-state index < -0.39 is 16.9 Å². The molecule has 220 valence electrons. The molecule has 1 atom stereocenters. The number of carbonyl (C=O) groups excluding carboxylic acids is 1. The molecule has 0 amide bonds. The standard InChI is InChI=1S/C31H26ClN3O7S/c1-4-41-30(37)27-18(2)33-31-34(28(27)21-8-10-22(32)11-9-21)29(36)26(43-31)16-20-7-14-24(25(15-20)40-3)42-17-19-5-12-23(13-6-19)35(38)39/h5-16,28H,4,17H2,1-3H3/b26-16-/t28-/m0/s1. The Balaban J connectivity index is 1.50. The summed E-state index contributed by atoms with van der Waals surface area (Å²) in [7, 11) is 1.51. The number of nitro benzene ring substituents is 1. The second-order valence-electron chi connectivity index (χ2n) is 9.48. The van der Waals surface area contributed by atoms with Crippen LogP contribution in [0.25, 0.3) is 6.08 Å². The van der Waals surface area contributed by atoms with Gasteiger partial charge in [0, 0.05) is 17.2 Å². The summed E-state index contributed by atoms with van der Waals surface area (Å²) < 4.78 is 18.7. The van der Waals surface area contributed by atoms with Gasteiger partial charge in [-0.05, 0) is 73.0 Å². The summed E-state index contributed by atoms with van der Waals surface area (Å²) in [6, 6.07) is 17.6. The van der Waals surface area contributed by atoms with Gasteiger partial charge in [0.2, 0.25) is 0 Å². The van der Waals surface area contributed by atoms with Gasteiger partial charge in [-0.25, -0.2) is 9.79 Å². The predicted molar refractivity (Wildman–Crippen MR) is 162 cm³/mol. The van der Waals surface area contributed by atoms with Gasteiger partial charge in [-0.15, -0.1) is 0 Å². The third-order valence-corrected chi connectivity index (χ3v) is 7.96. The molecular formula is C31H26ClN3O7S. The quantitative estimate of drug-likeness (QED) is 0.148. The smallest absolute Gasteiger partial charge is 0.338 e. The summed E-state index contributed by atoms with van der Waals surface area (Å²) in [6.45, 7) is 3.81. The number of nitro groups is 1. The zero-order valence-electron chi connectivity index (χ0n) is 23.4. The lowest BCUT2D eigenvalue weighted by Gasteiger charge is -2.24. The number of hydrogen-bond acceptors (Lipinski definition) is 9. The zero-order chi connectivity index (χ0) is 30.7. The first-order chi connectivity index (χ1) is 20.7. The summed E-state index contributed by atoms with van der Waals surface area (Å²) in [5, 5.41) is 11.4. The largest absolute Gasteiger partial charge is 0.493 e. The first kappa shape index (κ1) is 29.7. The minimum atomic E-state index is -0.737. The first-order valence-electron chi connectivity index (χ1n) is 13.2. The number of ether oxygens (including phenoxy) is 3. The van der Waals surface area contributed by atoms with E-state index in [-0.39, 0.29) is 24.5 Å². The SMILES string of the molecule is CCOC(=O)C1=C(C)N=c2s/c(=C\c3ccc(OCc4ccc([N+](=O)[O-])cc4)c(OC)c3)c(=O)n2[C@H]1c1ccc(Cl)cc1. The minimum Gasteiger partial charge on any atom is -0.493 e. The Kier molecular flexibility index (Phi) is 8.74. The normalized spacial score (nSPS) is 14.6. The highest BCUT2D eigenvalue weighted by atomic mass is 35.5. The third-order valence-electron chi connectivity index (χ3n) is 6.73. The maximum absolute atomic E-state index is 13.8. The van der Waals surface area contributed by atoms with E-state index in [9.17, 15) is 19.7 Å². The Morgan fingerprint density at radius 2 is 1.84 bits per heavy atom. The fraction of sp³-hybridized carbons (Fsp3) is 0.194. The van der Waals surface area contributed by atoms with Crippen LogP contribution in [0.15, 0.2) is 87.8 Å². The third kappa shape index (κ3) is 6.23. The number of allylic oxidation sites excluding steroid dienone is 1. The number of thiazole rings is 1. The van der Waals surface area contributed by atoms with Crippen molar-refractivity contribution in [2.45, 2.75) is 26.5 Å². The van der Waals surface area contributed by atoms with Crippen molar-refractivity contribution in [3.63, 3.8) is 0 Å². The molecular weight excluding hydrogens is 594 g/mol. The van der Waals surface area contributed by atoms with Crippen molar-refractivity contribution < 1.29 is 23.9 Å². The van der Waals surface area contributed by atoms with Crippen molar-refractivity contribution in [3.8, 4) is 11.5 Å². The van der Waals surface area contributed by atoms with Crippen molar-refractivity contribution in [1.29, 1.82) is 0 Å². The summed E-state index contributed by atoms with van der Waals surface area (Å²) in [5.74, 6) is 0.381. The lowest BCUT2D eigenvalue weighted by atomic mass is 9.96. The molecule has 0 bridgehead atoms. The minimum absolute atomic E-state index is 0.00253. The molecule has 43 heavy (non-hydrogen) atoms. The van der Waals surface area contributed by atoms with E-state index in [1.54, 1.807) is 74.5 Å². The molecule has 0 saturated heterocycles. The molecule has 1 aliphatic heterocycles. The molecule has 0 fully saturated rings. The number of benzene rings is 3. The van der Waals surface area contributed by atoms with Gasteiger partial charge in [0.25, 0.3) is 11.2 Å². The van der Waals surface area contributed by atoms with Gasteiger partial charge in [-0.3, -0.25) is 19.5 Å². The van der Waals surface area contributed by atoms with Gasteiger partial charge in [-0.1, -0.05) is 41.1 Å². The van der Waals surface area contributed by atoms with Gasteiger partial charge in [-0.2, -0.15) is 0 Å². The maximum Gasteiger partial charge on any atom is 0.338 e. The lowest BCUT2D eigenvalue weighted by molar-refractivity contribution is -0.384. The van der Waals surface area contributed by atoms with E-state index in [2.05, 4.69) is 4.99 Å². The second kappa shape index (κ2) is 12.6. The predicted octanol–water partition coefficient (Wildman–Crippen LogP) is 4.95. The number of esters is 1. The molecule has 1 aliphatic rings. The molecule has 0 N–H and O–H groups in total. The molecule has 0 saturated carbocycles. The molecule has 4 aromatic rings. The van der Waals surface area contributed by atoms with Gasteiger partial charge in [0.15, 0.2) is 16.3 Å². The molecule has 10 nitrogen and oxygen atoms in total. The maximum atomic E-state index is 13.8. The van der Waals surface area contributed by atoms with E-state index in [4.69, 9.17) is 25.8 Å². The summed E-state index contributed by atoms with van der Waals surface area (Å²) >= 11 is 7.33. The number of rotatable bonds is 9. The molecule has 2 heterocycles. The molecule has 0 radical (unpaired) electrons. The van der Waals surface area contributed by atoms with E-state index in [1.165, 1.54) is 35.1 Å². The number of hydrogen-bond donors (Lipinski definition) is 0. The Hall–Kier alpha value is -4.74. The van der Waals surface area contributed by atoms with Gasteiger partial charge in [0.05, 0.1) is 40.5 Å². The number of methoxy groups -OCH3 is 1. The monoisotopic (exact) mass is 619 g/mol. The number of carbonyl (C=O) groups is 1. The van der Waals surface area contributed by atoms with Crippen molar-refractivity contribution in [1.82, 2.24) is 4.57 Å². The van der Waals surface area contributed by atoms with Crippen LogP contribution in [0, 0.1) is 10.1 Å². The van der Waals surface area contributed by atoms with Crippen LogP contribution in [0.3, 0.4) is 0 Å². The molecule has 12 heteroatoms. The first-order valence-corrected chi connectivity index (χ1v) is 14.4. The second-order valence-corrected chi connectivity index (χ2v) is 10.9. The highest BCUT2D eigenvalue weighted by Gasteiger charge is 2.33. The number of nitrogens with zero attached hydrogens (tertiary/aromatic N) is 3. The molecule has 1 aromatic heterocycles. The van der Waals surface area contributed by atoms with Crippen LogP contribution >= 0.6 is 22.9 Å². The molecule has 0 unspecified atom stereocenters. The van der Waals surface area contributed by atoms with Gasteiger partial charge in [0.1, 0.15) is 6.61 Å². The lowest BCUT2D eigenvalue weighted by Crippen LogP contribution is -2.39. The van der Waals surface area contributed by atoms with Crippen molar-refractivity contribution in [2.24, 2.45) is 4.99 Å². The topological polar surface area (TPSA) is 122 Å². The number of aromatic nitrogens is 1. The Bertz CT molecular complexity index is 1910. The van der Waals surface area contributed by atoms with Crippen molar-refractivity contribution in [2.75, 3.05) is 13.7 Å². The van der Waals surface area contributed by atoms with Crippen LogP contribution in [0.5, 0.6) is 11.5 Å². The fourth-order valence-corrected chi connectivity index (χ4v) is 5.84. The van der Waals surface area contributed by atoms with Crippen LogP contribution in [-0.4, -0.2) is 29.2 Å². The van der Waals surface area contributed by atoms with Gasteiger partial charge < -0.3 is 14.2 Å².